The Labute approximate surface area is 303 Å². The highest BCUT2D eigenvalue weighted by molar-refractivity contribution is 5.75. The predicted octanol–water partition coefficient (Wildman–Crippen LogP) is 8.59. The average molecular weight is 690 g/mol. The Morgan fingerprint density at radius 1 is 0.843 bits per heavy atom. The molecule has 6 fully saturated rings. The van der Waals surface area contributed by atoms with Crippen molar-refractivity contribution in [2.75, 3.05) is 13.1 Å². The maximum Gasteiger partial charge on any atom is 0.315 e. The maximum atomic E-state index is 13.2. The van der Waals surface area contributed by atoms with E-state index in [0.29, 0.717) is 12.6 Å². The lowest BCUT2D eigenvalue weighted by Gasteiger charge is -2.56. The van der Waals surface area contributed by atoms with E-state index in [1.54, 1.807) is 0 Å². The van der Waals surface area contributed by atoms with Crippen molar-refractivity contribution in [3.8, 4) is 11.1 Å². The Kier molecular flexibility index (Phi) is 10.3. The molecule has 1 saturated heterocycles. The Morgan fingerprint density at radius 2 is 1.53 bits per heavy atom. The van der Waals surface area contributed by atoms with Crippen molar-refractivity contribution in [3.63, 3.8) is 0 Å². The van der Waals surface area contributed by atoms with E-state index < -0.39 is 6.29 Å². The largest absolute Gasteiger partial charge is 0.392 e. The van der Waals surface area contributed by atoms with Gasteiger partial charge in [0.05, 0.1) is 18.8 Å². The normalized spacial score (nSPS) is 30.1. The fraction of sp³-hybridized carbons (Fsp3) is 0.523. The second-order valence-electron chi connectivity index (χ2n) is 16.4. The molecule has 3 aromatic rings. The molecule has 3 atom stereocenters. The van der Waals surface area contributed by atoms with Gasteiger partial charge in [-0.2, -0.15) is 0 Å². The van der Waals surface area contributed by atoms with Crippen molar-refractivity contribution < 1.29 is 19.4 Å². The highest BCUT2D eigenvalue weighted by Gasteiger charge is 2.51. The summed E-state index contributed by atoms with van der Waals surface area (Å²) < 4.78 is 13.5. The number of aliphatic hydroxyl groups is 1. The minimum absolute atomic E-state index is 0.00514. The Balaban J connectivity index is 0.963. The number of nitrogens with zero attached hydrogens (tertiary/aromatic N) is 1. The molecule has 3 aromatic carbocycles. The van der Waals surface area contributed by atoms with E-state index >= 15 is 0 Å². The first kappa shape index (κ1) is 34.6. The Hall–Kier alpha value is -3.49. The van der Waals surface area contributed by atoms with E-state index in [2.05, 4.69) is 82.8 Å². The molecular weight excluding hydrogens is 635 g/mol. The second-order valence-corrected chi connectivity index (χ2v) is 16.4. The van der Waals surface area contributed by atoms with E-state index in [1.165, 1.54) is 44.9 Å². The maximum absolute atomic E-state index is 13.2. The zero-order valence-corrected chi connectivity index (χ0v) is 30.0. The van der Waals surface area contributed by atoms with E-state index in [9.17, 15) is 9.90 Å². The van der Waals surface area contributed by atoms with Crippen LogP contribution in [0.5, 0.6) is 0 Å². The van der Waals surface area contributed by atoms with Gasteiger partial charge in [-0.15, -0.1) is 6.58 Å². The molecule has 7 nitrogen and oxygen atoms in total. The first-order chi connectivity index (χ1) is 24.9. The first-order valence-electron chi connectivity index (χ1n) is 19.5. The molecule has 3 N–H and O–H groups in total. The number of amides is 2. The molecule has 5 saturated carbocycles. The minimum atomic E-state index is -0.515. The molecule has 270 valence electrons. The van der Waals surface area contributed by atoms with E-state index in [4.69, 9.17) is 9.47 Å². The van der Waals surface area contributed by atoms with Gasteiger partial charge < -0.3 is 25.2 Å². The van der Waals surface area contributed by atoms with Crippen molar-refractivity contribution in [2.45, 2.75) is 114 Å². The van der Waals surface area contributed by atoms with Crippen LogP contribution in [0.3, 0.4) is 0 Å². The van der Waals surface area contributed by atoms with E-state index in [1.807, 2.05) is 18.2 Å². The highest BCUT2D eigenvalue weighted by Crippen LogP contribution is 2.55. The molecule has 4 bridgehead atoms. The summed E-state index contributed by atoms with van der Waals surface area (Å²) in [6.07, 6.45) is 14.7. The lowest BCUT2D eigenvalue weighted by atomic mass is 9.53. The predicted molar refractivity (Wildman–Crippen MR) is 201 cm³/mol. The standard InChI is InChI=1S/C44H55N3O4/c1-2-17-47(39-11-3-4-12-39)28-40-23-41(35-15-13-30(29-48)14-16-35)51-42(50-40)38-10-6-9-37(22-38)36-8-5-7-31(21-36)27-45-43(49)46-44-24-32-18-33(25-44)20-34(19-32)26-44/h2,5-10,13-16,21-22,32-34,39-42,48H,1,3-4,11-12,17-20,23-29H2,(H2,45,46,49). The number of urea groups is 1. The van der Waals surface area contributed by atoms with Crippen LogP contribution in [0.2, 0.25) is 0 Å². The number of rotatable bonds is 12. The van der Waals surface area contributed by atoms with Gasteiger partial charge in [-0.25, -0.2) is 4.79 Å². The smallest absolute Gasteiger partial charge is 0.315 e. The van der Waals surface area contributed by atoms with Gasteiger partial charge >= 0.3 is 6.03 Å². The average Bonchev–Trinajstić information content (AvgIpc) is 3.69. The number of hydrogen-bond donors (Lipinski definition) is 3. The number of ether oxygens (including phenoxy) is 2. The third-order valence-corrected chi connectivity index (χ3v) is 12.5. The molecule has 0 aromatic heterocycles. The molecule has 1 heterocycles. The quantitative estimate of drug-likeness (QED) is 0.166. The molecule has 6 aliphatic rings. The lowest BCUT2D eigenvalue weighted by Crippen LogP contribution is -2.61. The van der Waals surface area contributed by atoms with Crippen molar-refractivity contribution in [2.24, 2.45) is 17.8 Å². The second kappa shape index (κ2) is 15.2. The highest BCUT2D eigenvalue weighted by atomic mass is 16.7. The van der Waals surface area contributed by atoms with Gasteiger partial charge in [0.1, 0.15) is 0 Å². The molecule has 3 unspecified atom stereocenters. The summed E-state index contributed by atoms with van der Waals surface area (Å²) in [6, 6.07) is 25.6. The fourth-order valence-electron chi connectivity index (χ4n) is 10.6. The summed E-state index contributed by atoms with van der Waals surface area (Å²) in [4.78, 5) is 15.7. The van der Waals surface area contributed by atoms with Gasteiger partial charge in [0.25, 0.3) is 0 Å². The van der Waals surface area contributed by atoms with Crippen LogP contribution in [0.25, 0.3) is 11.1 Å². The lowest BCUT2D eigenvalue weighted by molar-refractivity contribution is -0.253. The summed E-state index contributed by atoms with van der Waals surface area (Å²) in [5, 5.41) is 16.3. The number of carbonyl (C=O) groups excluding carboxylic acids is 1. The topological polar surface area (TPSA) is 83.1 Å². The third-order valence-electron chi connectivity index (χ3n) is 12.5. The van der Waals surface area contributed by atoms with Crippen molar-refractivity contribution in [1.29, 1.82) is 0 Å². The van der Waals surface area contributed by atoms with Gasteiger partial charge in [0.15, 0.2) is 6.29 Å². The van der Waals surface area contributed by atoms with E-state index in [0.717, 1.165) is 89.9 Å². The summed E-state index contributed by atoms with van der Waals surface area (Å²) in [5.41, 5.74) is 6.25. The Bertz CT molecular complexity index is 1630. The van der Waals surface area contributed by atoms with Crippen LogP contribution in [0.1, 0.15) is 105 Å². The third kappa shape index (κ3) is 7.97. The SMILES string of the molecule is C=CCN(CC1CC(c2ccc(CO)cc2)OC(c2cccc(-c3cccc(CNC(=O)NC45CC6CC(CC(C6)C4)C5)c3)c2)O1)C1CCCC1. The summed E-state index contributed by atoms with van der Waals surface area (Å²) in [7, 11) is 0. The molecule has 2 amide bonds. The van der Waals surface area contributed by atoms with Gasteiger partial charge in [-0.05, 0) is 109 Å². The molecule has 9 rings (SSSR count). The first-order valence-corrected chi connectivity index (χ1v) is 19.5. The number of carbonyl (C=O) groups is 1. The van der Waals surface area contributed by atoms with Crippen LogP contribution in [-0.4, -0.2) is 46.8 Å². The number of benzene rings is 3. The molecule has 51 heavy (non-hydrogen) atoms. The molecule has 7 heteroatoms. The van der Waals surface area contributed by atoms with Crippen LogP contribution in [0, 0.1) is 17.8 Å². The van der Waals surface area contributed by atoms with Gasteiger partial charge in [-0.3, -0.25) is 4.90 Å². The zero-order valence-electron chi connectivity index (χ0n) is 30.0. The van der Waals surface area contributed by atoms with Gasteiger partial charge in [0, 0.05) is 43.2 Å². The van der Waals surface area contributed by atoms with Crippen LogP contribution in [0.15, 0.2) is 85.5 Å². The summed E-state index contributed by atoms with van der Waals surface area (Å²) in [5.74, 6) is 2.40. The van der Waals surface area contributed by atoms with Gasteiger partial charge in [0.2, 0.25) is 0 Å². The van der Waals surface area contributed by atoms with Crippen LogP contribution in [0.4, 0.5) is 4.79 Å². The summed E-state index contributed by atoms with van der Waals surface area (Å²) >= 11 is 0. The number of hydrogen-bond acceptors (Lipinski definition) is 5. The minimum Gasteiger partial charge on any atom is -0.392 e. The van der Waals surface area contributed by atoms with Crippen LogP contribution < -0.4 is 10.6 Å². The molecule has 5 aliphatic carbocycles. The molecule has 0 radical (unpaired) electrons. The van der Waals surface area contributed by atoms with Crippen molar-refractivity contribution in [3.05, 3.63) is 108 Å². The zero-order chi connectivity index (χ0) is 34.8. The van der Waals surface area contributed by atoms with Gasteiger partial charge in [-0.1, -0.05) is 79.6 Å². The molecule has 0 spiro atoms. The number of nitrogens with one attached hydrogen (secondary N) is 2. The van der Waals surface area contributed by atoms with Crippen molar-refractivity contribution in [1.82, 2.24) is 15.5 Å². The number of aliphatic hydroxyl groups excluding tert-OH is 1. The van der Waals surface area contributed by atoms with Crippen molar-refractivity contribution >= 4 is 6.03 Å². The van der Waals surface area contributed by atoms with E-state index in [-0.39, 0.29) is 30.4 Å². The van der Waals surface area contributed by atoms with Crippen LogP contribution in [-0.2, 0) is 22.6 Å². The van der Waals surface area contributed by atoms with Crippen LogP contribution >= 0.6 is 0 Å². The Morgan fingerprint density at radius 3 is 2.22 bits per heavy atom. The fourth-order valence-corrected chi connectivity index (χ4v) is 10.6. The monoisotopic (exact) mass is 689 g/mol. The molecular formula is C44H55N3O4. The molecule has 1 aliphatic heterocycles. The summed E-state index contributed by atoms with van der Waals surface area (Å²) in [6.45, 7) is 6.27.